The first-order valence-corrected chi connectivity index (χ1v) is 6.09. The third-order valence-corrected chi connectivity index (χ3v) is 3.31. The maximum Gasteiger partial charge on any atom is 0.0647 e. The summed E-state index contributed by atoms with van der Waals surface area (Å²) in [7, 11) is 0. The molecule has 1 N–H and O–H groups in total. The largest absolute Gasteiger partial charge is 0.382 e. The van der Waals surface area contributed by atoms with Gasteiger partial charge in [-0.15, -0.1) is 0 Å². The lowest BCUT2D eigenvalue weighted by Gasteiger charge is -2.32. The maximum atomic E-state index is 6.26. The Labute approximate surface area is 106 Å². The first kappa shape index (κ1) is 10.5. The van der Waals surface area contributed by atoms with Crippen molar-refractivity contribution in [3.8, 4) is 0 Å². The van der Waals surface area contributed by atoms with Gasteiger partial charge in [0.15, 0.2) is 0 Å². The minimum atomic E-state index is 0.796. The number of halogens is 1. The van der Waals surface area contributed by atoms with E-state index >= 15 is 0 Å². The molecule has 3 heteroatoms. The minimum Gasteiger partial charge on any atom is -0.382 e. The summed E-state index contributed by atoms with van der Waals surface area (Å²) in [6, 6.07) is 16.3. The molecule has 0 atom stereocenters. The normalized spacial score (nSPS) is 14.1. The van der Waals surface area contributed by atoms with E-state index in [-0.39, 0.29) is 0 Å². The molecule has 0 aliphatic carbocycles. The Morgan fingerprint density at radius 1 is 0.941 bits per heavy atom. The number of fused-ring (bicyclic) bond motifs is 1. The highest BCUT2D eigenvalue weighted by Gasteiger charge is 2.18. The standard InChI is InChI=1S/C14H13ClN2/c15-11-5-1-3-7-13(11)17-10-9-16-12-6-2-4-8-14(12)17/h1-8,16H,9-10H2. The van der Waals surface area contributed by atoms with Gasteiger partial charge in [-0.1, -0.05) is 35.9 Å². The maximum absolute atomic E-state index is 6.26. The highest BCUT2D eigenvalue weighted by molar-refractivity contribution is 6.33. The second kappa shape index (κ2) is 4.30. The summed E-state index contributed by atoms with van der Waals surface area (Å²) < 4.78 is 0. The molecule has 3 rings (SSSR count). The van der Waals surface area contributed by atoms with Crippen LogP contribution in [-0.4, -0.2) is 13.1 Å². The summed E-state index contributed by atoms with van der Waals surface area (Å²) in [5, 5.41) is 4.19. The molecule has 0 spiro atoms. The highest BCUT2D eigenvalue weighted by atomic mass is 35.5. The van der Waals surface area contributed by atoms with Gasteiger partial charge < -0.3 is 10.2 Å². The summed E-state index contributed by atoms with van der Waals surface area (Å²) in [6.07, 6.45) is 0. The third kappa shape index (κ3) is 1.85. The number of hydrogen-bond acceptors (Lipinski definition) is 2. The van der Waals surface area contributed by atoms with E-state index < -0.39 is 0 Å². The number of nitrogens with one attached hydrogen (secondary N) is 1. The number of para-hydroxylation sites is 3. The van der Waals surface area contributed by atoms with E-state index in [4.69, 9.17) is 11.6 Å². The molecular formula is C14H13ClN2. The van der Waals surface area contributed by atoms with Gasteiger partial charge in [0.05, 0.1) is 22.1 Å². The minimum absolute atomic E-state index is 0.796. The molecule has 0 unspecified atom stereocenters. The van der Waals surface area contributed by atoms with Crippen LogP contribution in [-0.2, 0) is 0 Å². The Morgan fingerprint density at radius 2 is 1.65 bits per heavy atom. The summed E-state index contributed by atoms with van der Waals surface area (Å²) in [5.74, 6) is 0. The van der Waals surface area contributed by atoms with E-state index in [1.165, 1.54) is 11.4 Å². The Morgan fingerprint density at radius 3 is 2.47 bits per heavy atom. The average molecular weight is 245 g/mol. The summed E-state index contributed by atoms with van der Waals surface area (Å²) in [4.78, 5) is 2.26. The fourth-order valence-electron chi connectivity index (χ4n) is 2.20. The molecular weight excluding hydrogens is 232 g/mol. The van der Waals surface area contributed by atoms with Crippen molar-refractivity contribution >= 4 is 28.7 Å². The van der Waals surface area contributed by atoms with Crippen molar-refractivity contribution in [1.29, 1.82) is 0 Å². The van der Waals surface area contributed by atoms with Crippen LogP contribution in [0.4, 0.5) is 17.1 Å². The van der Waals surface area contributed by atoms with Crippen LogP contribution in [0.3, 0.4) is 0 Å². The molecule has 1 heterocycles. The average Bonchev–Trinajstić information content (AvgIpc) is 2.39. The molecule has 1 aliphatic rings. The fourth-order valence-corrected chi connectivity index (χ4v) is 2.44. The van der Waals surface area contributed by atoms with Crippen molar-refractivity contribution in [2.45, 2.75) is 0 Å². The number of benzene rings is 2. The van der Waals surface area contributed by atoms with E-state index in [1.54, 1.807) is 0 Å². The van der Waals surface area contributed by atoms with Crippen LogP contribution in [0.15, 0.2) is 48.5 Å². The van der Waals surface area contributed by atoms with Crippen LogP contribution in [0.5, 0.6) is 0 Å². The van der Waals surface area contributed by atoms with Crippen LogP contribution < -0.4 is 10.2 Å². The summed E-state index contributed by atoms with van der Waals surface area (Å²) in [5.41, 5.74) is 3.42. The first-order chi connectivity index (χ1) is 8.36. The van der Waals surface area contributed by atoms with Crippen LogP contribution in [0.2, 0.25) is 5.02 Å². The summed E-state index contributed by atoms with van der Waals surface area (Å²) >= 11 is 6.26. The topological polar surface area (TPSA) is 15.3 Å². The van der Waals surface area contributed by atoms with Crippen molar-refractivity contribution in [3.05, 3.63) is 53.6 Å². The zero-order valence-electron chi connectivity index (χ0n) is 9.36. The lowest BCUT2D eigenvalue weighted by Crippen LogP contribution is -2.30. The van der Waals surface area contributed by atoms with Gasteiger partial charge in [-0.2, -0.15) is 0 Å². The number of anilines is 3. The van der Waals surface area contributed by atoms with Crippen molar-refractivity contribution in [3.63, 3.8) is 0 Å². The quantitative estimate of drug-likeness (QED) is 0.818. The van der Waals surface area contributed by atoms with Gasteiger partial charge >= 0.3 is 0 Å². The molecule has 0 fully saturated rings. The fraction of sp³-hybridized carbons (Fsp3) is 0.143. The molecule has 0 saturated heterocycles. The molecule has 0 saturated carbocycles. The molecule has 0 bridgehead atoms. The Hall–Kier alpha value is -1.67. The lowest BCUT2D eigenvalue weighted by atomic mass is 10.1. The molecule has 2 nitrogen and oxygen atoms in total. The predicted octanol–water partition coefficient (Wildman–Crippen LogP) is 3.90. The molecule has 17 heavy (non-hydrogen) atoms. The smallest absolute Gasteiger partial charge is 0.0647 e. The molecule has 2 aromatic carbocycles. The van der Waals surface area contributed by atoms with Gasteiger partial charge in [0, 0.05) is 13.1 Å². The van der Waals surface area contributed by atoms with Crippen molar-refractivity contribution in [1.82, 2.24) is 0 Å². The molecule has 0 amide bonds. The molecule has 0 aromatic heterocycles. The van der Waals surface area contributed by atoms with Gasteiger partial charge in [-0.05, 0) is 24.3 Å². The second-order valence-corrected chi connectivity index (χ2v) is 4.45. The van der Waals surface area contributed by atoms with Crippen LogP contribution >= 0.6 is 11.6 Å². The second-order valence-electron chi connectivity index (χ2n) is 4.05. The van der Waals surface area contributed by atoms with Gasteiger partial charge in [0.25, 0.3) is 0 Å². The van der Waals surface area contributed by atoms with Gasteiger partial charge in [0.2, 0.25) is 0 Å². The Bertz CT molecular complexity index is 539. The predicted molar refractivity (Wildman–Crippen MR) is 73.4 cm³/mol. The van der Waals surface area contributed by atoms with Crippen LogP contribution in [0, 0.1) is 0 Å². The first-order valence-electron chi connectivity index (χ1n) is 5.71. The van der Waals surface area contributed by atoms with E-state index in [2.05, 4.69) is 34.5 Å². The number of rotatable bonds is 1. The lowest BCUT2D eigenvalue weighted by molar-refractivity contribution is 0.927. The highest BCUT2D eigenvalue weighted by Crippen LogP contribution is 2.37. The van der Waals surface area contributed by atoms with E-state index in [0.717, 1.165) is 23.8 Å². The summed E-state index contributed by atoms with van der Waals surface area (Å²) in [6.45, 7) is 1.86. The Kier molecular flexibility index (Phi) is 2.65. The van der Waals surface area contributed by atoms with Gasteiger partial charge in [-0.3, -0.25) is 0 Å². The van der Waals surface area contributed by atoms with E-state index in [9.17, 15) is 0 Å². The van der Waals surface area contributed by atoms with Gasteiger partial charge in [-0.25, -0.2) is 0 Å². The monoisotopic (exact) mass is 244 g/mol. The SMILES string of the molecule is Clc1ccccc1N1CCNc2ccccc21. The Balaban J connectivity index is 2.09. The molecule has 2 aromatic rings. The van der Waals surface area contributed by atoms with Crippen LogP contribution in [0.1, 0.15) is 0 Å². The van der Waals surface area contributed by atoms with Crippen molar-refractivity contribution in [2.75, 3.05) is 23.3 Å². The van der Waals surface area contributed by atoms with Crippen molar-refractivity contribution in [2.24, 2.45) is 0 Å². The number of hydrogen-bond donors (Lipinski definition) is 1. The zero-order valence-corrected chi connectivity index (χ0v) is 10.1. The molecule has 1 aliphatic heterocycles. The third-order valence-electron chi connectivity index (χ3n) is 2.99. The van der Waals surface area contributed by atoms with Gasteiger partial charge in [0.1, 0.15) is 0 Å². The van der Waals surface area contributed by atoms with E-state index in [0.29, 0.717) is 0 Å². The van der Waals surface area contributed by atoms with Crippen molar-refractivity contribution < 1.29 is 0 Å². The molecule has 0 radical (unpaired) electrons. The van der Waals surface area contributed by atoms with E-state index in [1.807, 2.05) is 24.3 Å². The molecule has 86 valence electrons. The van der Waals surface area contributed by atoms with Crippen LogP contribution in [0.25, 0.3) is 0 Å². The number of nitrogens with zero attached hydrogens (tertiary/aromatic N) is 1. The zero-order chi connectivity index (χ0) is 11.7.